The second-order valence-corrected chi connectivity index (χ2v) is 6.04. The zero-order valence-corrected chi connectivity index (χ0v) is 12.5. The van der Waals surface area contributed by atoms with Gasteiger partial charge in [-0.05, 0) is 44.9 Å². The maximum Gasteiger partial charge on any atom is 0.253 e. The Morgan fingerprint density at radius 3 is 2.90 bits per heavy atom. The Balaban J connectivity index is 2.10. The van der Waals surface area contributed by atoms with Crippen LogP contribution in [-0.4, -0.2) is 24.2 Å². The number of carbonyl (C=O) groups excluding carboxylic acids is 1. The van der Waals surface area contributed by atoms with Gasteiger partial charge in [0.2, 0.25) is 0 Å². The molecule has 0 spiro atoms. The Kier molecular flexibility index (Phi) is 4.52. The first-order chi connectivity index (χ1) is 9.41. The molecule has 2 rings (SSSR count). The highest BCUT2D eigenvalue weighted by Gasteiger charge is 2.30. The molecule has 1 unspecified atom stereocenters. The van der Waals surface area contributed by atoms with E-state index in [1.54, 1.807) is 18.2 Å². The number of ether oxygens (including phenoxy) is 1. The molecule has 0 saturated carbocycles. The lowest BCUT2D eigenvalue weighted by molar-refractivity contribution is -0.0615. The van der Waals surface area contributed by atoms with Crippen LogP contribution in [0.25, 0.3) is 0 Å². The molecule has 20 heavy (non-hydrogen) atoms. The molecule has 6 heteroatoms. The summed E-state index contributed by atoms with van der Waals surface area (Å²) in [6.07, 6.45) is 1.59. The monoisotopic (exact) mass is 297 g/mol. The summed E-state index contributed by atoms with van der Waals surface area (Å²) < 4.78 is 5.64. The lowest BCUT2D eigenvalue weighted by Gasteiger charge is -2.35. The third kappa shape index (κ3) is 3.62. The number of benzene rings is 1. The second-order valence-electron chi connectivity index (χ2n) is 5.61. The second kappa shape index (κ2) is 5.99. The largest absolute Gasteiger partial charge is 0.375 e. The fourth-order valence-corrected chi connectivity index (χ4v) is 2.62. The van der Waals surface area contributed by atoms with Crippen molar-refractivity contribution in [3.8, 4) is 0 Å². The van der Waals surface area contributed by atoms with Gasteiger partial charge in [0.05, 0.1) is 16.9 Å². The minimum Gasteiger partial charge on any atom is -0.375 e. The molecule has 4 N–H and O–H groups in total. The fourth-order valence-electron chi connectivity index (χ4n) is 2.45. The van der Waals surface area contributed by atoms with Crippen LogP contribution in [-0.2, 0) is 4.74 Å². The maximum absolute atomic E-state index is 12.3. The lowest BCUT2D eigenvalue weighted by atomic mass is 9.93. The SMILES string of the molecule is CC1(C)CC(NC(=O)c2cc(Cl)ccc2NN)CCO1. The van der Waals surface area contributed by atoms with Crippen LogP contribution in [0.5, 0.6) is 0 Å². The number of hydrogen-bond acceptors (Lipinski definition) is 4. The molecule has 1 aromatic carbocycles. The molecule has 5 nitrogen and oxygen atoms in total. The minimum atomic E-state index is -0.209. The molecule has 1 atom stereocenters. The number of carbonyl (C=O) groups is 1. The van der Waals surface area contributed by atoms with Crippen LogP contribution in [0.15, 0.2) is 18.2 Å². The molecule has 1 aliphatic rings. The van der Waals surface area contributed by atoms with E-state index in [1.165, 1.54) is 0 Å². The van der Waals surface area contributed by atoms with Gasteiger partial charge in [0, 0.05) is 17.7 Å². The molecule has 1 saturated heterocycles. The third-order valence-electron chi connectivity index (χ3n) is 3.41. The number of nitrogens with two attached hydrogens (primary N) is 1. The van der Waals surface area contributed by atoms with E-state index in [9.17, 15) is 4.79 Å². The number of halogens is 1. The molecule has 0 bridgehead atoms. The van der Waals surface area contributed by atoms with Gasteiger partial charge in [-0.2, -0.15) is 0 Å². The Morgan fingerprint density at radius 1 is 1.50 bits per heavy atom. The maximum atomic E-state index is 12.3. The molecule has 0 aliphatic carbocycles. The first-order valence-electron chi connectivity index (χ1n) is 6.62. The number of rotatable bonds is 3. The summed E-state index contributed by atoms with van der Waals surface area (Å²) in [5.41, 5.74) is 3.31. The number of nitrogen functional groups attached to an aromatic ring is 1. The van der Waals surface area contributed by atoms with E-state index in [2.05, 4.69) is 10.7 Å². The van der Waals surface area contributed by atoms with E-state index in [0.717, 1.165) is 12.8 Å². The molecule has 1 aromatic rings. The number of amides is 1. The zero-order valence-electron chi connectivity index (χ0n) is 11.7. The Bertz CT molecular complexity index is 505. The summed E-state index contributed by atoms with van der Waals surface area (Å²) in [5.74, 6) is 5.24. The topological polar surface area (TPSA) is 76.4 Å². The van der Waals surface area contributed by atoms with Crippen LogP contribution >= 0.6 is 11.6 Å². The normalized spacial score (nSPS) is 21.3. The van der Waals surface area contributed by atoms with Crippen LogP contribution in [0.1, 0.15) is 37.0 Å². The highest BCUT2D eigenvalue weighted by Crippen LogP contribution is 2.25. The summed E-state index contributed by atoms with van der Waals surface area (Å²) in [4.78, 5) is 12.3. The van der Waals surface area contributed by atoms with Gasteiger partial charge in [0.25, 0.3) is 5.91 Å². The number of nitrogens with one attached hydrogen (secondary N) is 2. The molecule has 1 aliphatic heterocycles. The van der Waals surface area contributed by atoms with Crippen molar-refractivity contribution < 1.29 is 9.53 Å². The summed E-state index contributed by atoms with van der Waals surface area (Å²) in [5, 5.41) is 3.52. The van der Waals surface area contributed by atoms with Crippen molar-refractivity contribution in [3.63, 3.8) is 0 Å². The van der Waals surface area contributed by atoms with Crippen LogP contribution in [0.4, 0.5) is 5.69 Å². The number of anilines is 1. The average Bonchev–Trinajstić information content (AvgIpc) is 2.37. The fraction of sp³-hybridized carbons (Fsp3) is 0.500. The van der Waals surface area contributed by atoms with Gasteiger partial charge >= 0.3 is 0 Å². The first kappa shape index (κ1) is 15.1. The minimum absolute atomic E-state index is 0.0934. The van der Waals surface area contributed by atoms with Crippen molar-refractivity contribution in [3.05, 3.63) is 28.8 Å². The van der Waals surface area contributed by atoms with Crippen molar-refractivity contribution >= 4 is 23.2 Å². The summed E-state index contributed by atoms with van der Waals surface area (Å²) >= 11 is 5.94. The highest BCUT2D eigenvalue weighted by atomic mass is 35.5. The Labute approximate surface area is 123 Å². The highest BCUT2D eigenvalue weighted by molar-refractivity contribution is 6.31. The van der Waals surface area contributed by atoms with Crippen LogP contribution in [0.3, 0.4) is 0 Å². The van der Waals surface area contributed by atoms with Crippen LogP contribution < -0.4 is 16.6 Å². The molecule has 1 heterocycles. The first-order valence-corrected chi connectivity index (χ1v) is 7.00. The van der Waals surface area contributed by atoms with Gasteiger partial charge in [-0.25, -0.2) is 0 Å². The van der Waals surface area contributed by atoms with Crippen molar-refractivity contribution in [1.29, 1.82) is 0 Å². The quantitative estimate of drug-likeness (QED) is 0.591. The predicted octanol–water partition coefficient (Wildman–Crippen LogP) is 2.31. The van der Waals surface area contributed by atoms with Gasteiger partial charge in [-0.1, -0.05) is 11.6 Å². The lowest BCUT2D eigenvalue weighted by Crippen LogP contribution is -2.45. The van der Waals surface area contributed by atoms with Crippen molar-refractivity contribution in [2.45, 2.75) is 38.3 Å². The van der Waals surface area contributed by atoms with Gasteiger partial charge in [-0.15, -0.1) is 0 Å². The number of hydrazine groups is 1. The van der Waals surface area contributed by atoms with E-state index >= 15 is 0 Å². The molecule has 0 aromatic heterocycles. The van der Waals surface area contributed by atoms with E-state index in [0.29, 0.717) is 22.9 Å². The zero-order chi connectivity index (χ0) is 14.8. The van der Waals surface area contributed by atoms with E-state index in [1.807, 2.05) is 13.8 Å². The van der Waals surface area contributed by atoms with E-state index in [-0.39, 0.29) is 17.6 Å². The van der Waals surface area contributed by atoms with Crippen molar-refractivity contribution in [2.24, 2.45) is 5.84 Å². The smallest absolute Gasteiger partial charge is 0.253 e. The van der Waals surface area contributed by atoms with Crippen molar-refractivity contribution in [1.82, 2.24) is 5.32 Å². The standard InChI is InChI=1S/C14H20ClN3O2/c1-14(2)8-10(5-6-20-14)17-13(19)11-7-9(15)3-4-12(11)18-16/h3-4,7,10,18H,5-6,8,16H2,1-2H3,(H,17,19). The summed E-state index contributed by atoms with van der Waals surface area (Å²) in [6, 6.07) is 5.07. The van der Waals surface area contributed by atoms with Gasteiger partial charge in [-0.3, -0.25) is 10.6 Å². The Morgan fingerprint density at radius 2 is 2.25 bits per heavy atom. The Hall–Kier alpha value is -1.30. The summed E-state index contributed by atoms with van der Waals surface area (Å²) in [6.45, 7) is 4.70. The van der Waals surface area contributed by atoms with E-state index in [4.69, 9.17) is 22.2 Å². The van der Waals surface area contributed by atoms with E-state index < -0.39 is 0 Å². The van der Waals surface area contributed by atoms with Crippen LogP contribution in [0, 0.1) is 0 Å². The summed E-state index contributed by atoms with van der Waals surface area (Å²) in [7, 11) is 0. The van der Waals surface area contributed by atoms with Gasteiger partial charge in [0.1, 0.15) is 0 Å². The molecular weight excluding hydrogens is 278 g/mol. The molecule has 0 radical (unpaired) electrons. The molecule has 1 fully saturated rings. The van der Waals surface area contributed by atoms with Gasteiger partial charge in [0.15, 0.2) is 0 Å². The van der Waals surface area contributed by atoms with Gasteiger partial charge < -0.3 is 15.5 Å². The average molecular weight is 298 g/mol. The van der Waals surface area contributed by atoms with Crippen molar-refractivity contribution in [2.75, 3.05) is 12.0 Å². The number of hydrogen-bond donors (Lipinski definition) is 3. The predicted molar refractivity (Wildman–Crippen MR) is 79.8 cm³/mol. The molecular formula is C14H20ClN3O2. The molecule has 110 valence electrons. The molecule has 1 amide bonds. The third-order valence-corrected chi connectivity index (χ3v) is 3.65. The van der Waals surface area contributed by atoms with Crippen LogP contribution in [0.2, 0.25) is 5.02 Å².